The van der Waals surface area contributed by atoms with Gasteiger partial charge in [-0.15, -0.1) is 0 Å². The van der Waals surface area contributed by atoms with Crippen LogP contribution in [0.5, 0.6) is 0 Å². The second-order valence-corrected chi connectivity index (χ2v) is 12.0. The van der Waals surface area contributed by atoms with E-state index in [9.17, 15) is 9.90 Å². The lowest BCUT2D eigenvalue weighted by Gasteiger charge is -2.37. The SMILES string of the molecule is Cc1cc(C(=O)O)ccc1-c1noc(N2[C@@H]3CC[C@H]2C[C@@H](OCc2c(-c4c(Cl)cccc4Cl)noc2C2CC2)C3)n1. The average molecular weight is 595 g/mol. The number of benzene rings is 2. The zero-order valence-corrected chi connectivity index (χ0v) is 23.9. The highest BCUT2D eigenvalue weighted by Crippen LogP contribution is 2.47. The van der Waals surface area contributed by atoms with Gasteiger partial charge in [-0.1, -0.05) is 39.6 Å². The van der Waals surface area contributed by atoms with Crippen molar-refractivity contribution in [2.24, 2.45) is 0 Å². The van der Waals surface area contributed by atoms with Crippen LogP contribution in [0.1, 0.15) is 71.7 Å². The summed E-state index contributed by atoms with van der Waals surface area (Å²) >= 11 is 13.0. The Bertz CT molecular complexity index is 1600. The van der Waals surface area contributed by atoms with Crippen molar-refractivity contribution in [1.82, 2.24) is 15.3 Å². The summed E-state index contributed by atoms with van der Waals surface area (Å²) in [4.78, 5) is 18.2. The zero-order valence-electron chi connectivity index (χ0n) is 22.3. The molecule has 1 aliphatic carbocycles. The van der Waals surface area contributed by atoms with Gasteiger partial charge in [0.1, 0.15) is 11.5 Å². The van der Waals surface area contributed by atoms with Crippen molar-refractivity contribution in [2.75, 3.05) is 4.90 Å². The minimum atomic E-state index is -0.966. The lowest BCUT2D eigenvalue weighted by atomic mass is 9.99. The first-order valence-corrected chi connectivity index (χ1v) is 14.6. The topological polar surface area (TPSA) is 115 Å². The maximum atomic E-state index is 11.3. The van der Waals surface area contributed by atoms with Crippen LogP contribution in [0.25, 0.3) is 22.6 Å². The Labute approximate surface area is 246 Å². The molecule has 7 rings (SSSR count). The maximum Gasteiger partial charge on any atom is 0.335 e. The number of ether oxygens (including phenoxy) is 1. The van der Waals surface area contributed by atoms with Gasteiger partial charge < -0.3 is 23.8 Å². The quantitative estimate of drug-likeness (QED) is 0.224. The van der Waals surface area contributed by atoms with Gasteiger partial charge in [-0.3, -0.25) is 0 Å². The first-order valence-electron chi connectivity index (χ1n) is 13.9. The largest absolute Gasteiger partial charge is 0.478 e. The predicted molar refractivity (Wildman–Crippen MR) is 152 cm³/mol. The second kappa shape index (κ2) is 10.5. The van der Waals surface area contributed by atoms with Gasteiger partial charge in [-0.25, -0.2) is 4.79 Å². The molecule has 3 aliphatic rings. The van der Waals surface area contributed by atoms with Gasteiger partial charge in [0, 0.05) is 34.7 Å². The monoisotopic (exact) mass is 594 g/mol. The highest BCUT2D eigenvalue weighted by atomic mass is 35.5. The Kier molecular flexibility index (Phi) is 6.76. The van der Waals surface area contributed by atoms with Gasteiger partial charge in [0.2, 0.25) is 5.82 Å². The molecular weight excluding hydrogens is 567 g/mol. The highest BCUT2D eigenvalue weighted by Gasteiger charge is 2.44. The Balaban J connectivity index is 1.07. The molecule has 3 fully saturated rings. The molecule has 0 amide bonds. The van der Waals surface area contributed by atoms with Crippen molar-refractivity contribution in [3.63, 3.8) is 0 Å². The van der Waals surface area contributed by atoms with Crippen molar-refractivity contribution in [3.05, 3.63) is 68.9 Å². The lowest BCUT2D eigenvalue weighted by molar-refractivity contribution is 0.0138. The van der Waals surface area contributed by atoms with E-state index in [0.717, 1.165) is 61.0 Å². The van der Waals surface area contributed by atoms with Crippen LogP contribution in [-0.2, 0) is 11.3 Å². The Morgan fingerprint density at radius 2 is 1.78 bits per heavy atom. The summed E-state index contributed by atoms with van der Waals surface area (Å²) in [5.41, 5.74) is 4.04. The van der Waals surface area contributed by atoms with Crippen LogP contribution >= 0.6 is 23.2 Å². The third-order valence-electron chi connectivity index (χ3n) is 8.47. The number of carboxylic acids is 1. The fraction of sp³-hybridized carbons (Fsp3) is 0.400. The van der Waals surface area contributed by atoms with Gasteiger partial charge in [-0.2, -0.15) is 4.98 Å². The van der Waals surface area contributed by atoms with Gasteiger partial charge in [0.25, 0.3) is 0 Å². The molecule has 0 unspecified atom stereocenters. The number of aromatic carboxylic acids is 1. The first kappa shape index (κ1) is 26.5. The molecule has 1 saturated carbocycles. The third kappa shape index (κ3) is 4.90. The van der Waals surface area contributed by atoms with Gasteiger partial charge in [-0.05, 0) is 81.3 Å². The molecule has 0 spiro atoms. The standard InChI is InChI=1S/C30H28Cl2N4O5/c1-15-11-17(29(37)38)7-10-21(15)28-33-30(41-35-28)36-18-8-9-19(36)13-20(12-18)39-14-22-26(34-40-27(22)16-5-6-16)25-23(31)3-2-4-24(25)32/h2-4,7,10-11,16,18-20H,5-6,8-9,12-14H2,1H3,(H,37,38)/t18-,19+,20+. The fourth-order valence-electron chi connectivity index (χ4n) is 6.30. The normalized spacial score (nSPS) is 21.9. The van der Waals surface area contributed by atoms with Gasteiger partial charge >= 0.3 is 12.0 Å². The van der Waals surface area contributed by atoms with Crippen molar-refractivity contribution >= 4 is 35.2 Å². The van der Waals surface area contributed by atoms with Crippen molar-refractivity contribution < 1.29 is 23.7 Å². The smallest absolute Gasteiger partial charge is 0.335 e. The van der Waals surface area contributed by atoms with E-state index in [1.54, 1.807) is 18.2 Å². The Morgan fingerprint density at radius 3 is 2.44 bits per heavy atom. The van der Waals surface area contributed by atoms with Crippen molar-refractivity contribution in [1.29, 1.82) is 0 Å². The molecule has 11 heteroatoms. The molecule has 2 aromatic carbocycles. The molecule has 41 heavy (non-hydrogen) atoms. The highest BCUT2D eigenvalue weighted by molar-refractivity contribution is 6.39. The molecule has 3 atom stereocenters. The number of fused-ring (bicyclic) bond motifs is 2. The maximum absolute atomic E-state index is 11.3. The second-order valence-electron chi connectivity index (χ2n) is 11.2. The van der Waals surface area contributed by atoms with E-state index in [-0.39, 0.29) is 23.8 Å². The van der Waals surface area contributed by atoms with Crippen molar-refractivity contribution in [3.8, 4) is 22.6 Å². The molecule has 2 aromatic heterocycles. The van der Waals surface area contributed by atoms with Crippen LogP contribution in [0, 0.1) is 6.92 Å². The van der Waals surface area contributed by atoms with Gasteiger partial charge in [0.05, 0.1) is 28.3 Å². The summed E-state index contributed by atoms with van der Waals surface area (Å²) in [5.74, 6) is 0.733. The molecule has 1 N–H and O–H groups in total. The van der Waals surface area contributed by atoms with Crippen LogP contribution in [0.15, 0.2) is 45.4 Å². The Morgan fingerprint density at radius 1 is 1.05 bits per heavy atom. The summed E-state index contributed by atoms with van der Waals surface area (Å²) in [7, 11) is 0. The summed E-state index contributed by atoms with van der Waals surface area (Å²) in [6, 6.07) is 11.3. The number of carbonyl (C=O) groups is 1. The minimum absolute atomic E-state index is 0.0634. The lowest BCUT2D eigenvalue weighted by Crippen LogP contribution is -2.45. The van der Waals surface area contributed by atoms with Crippen LogP contribution < -0.4 is 4.90 Å². The molecule has 2 bridgehead atoms. The first-order chi connectivity index (χ1) is 19.9. The number of hydrogen-bond donors (Lipinski definition) is 1. The zero-order chi connectivity index (χ0) is 28.2. The number of rotatable bonds is 8. The summed E-state index contributed by atoms with van der Waals surface area (Å²) in [5, 5.41) is 18.9. The van der Waals surface area contributed by atoms with E-state index in [1.165, 1.54) is 0 Å². The van der Waals surface area contributed by atoms with Crippen LogP contribution in [0.4, 0.5) is 6.01 Å². The number of piperidine rings is 1. The number of anilines is 1. The molecule has 2 aliphatic heterocycles. The molecular formula is C30H28Cl2N4O5. The van der Waals surface area contributed by atoms with E-state index in [4.69, 9.17) is 42.0 Å². The van der Waals surface area contributed by atoms with Gasteiger partial charge in [0.15, 0.2) is 0 Å². The molecule has 2 saturated heterocycles. The summed E-state index contributed by atoms with van der Waals surface area (Å²) in [6.45, 7) is 2.23. The van der Waals surface area contributed by atoms with Crippen LogP contribution in [0.3, 0.4) is 0 Å². The number of nitrogens with zero attached hydrogens (tertiary/aromatic N) is 4. The number of aromatic nitrogens is 3. The minimum Gasteiger partial charge on any atom is -0.478 e. The van der Waals surface area contributed by atoms with E-state index in [1.807, 2.05) is 25.1 Å². The third-order valence-corrected chi connectivity index (χ3v) is 9.10. The van der Waals surface area contributed by atoms with E-state index in [2.05, 4.69) is 15.2 Å². The Hall–Kier alpha value is -3.40. The molecule has 4 aromatic rings. The number of carboxylic acid groups (broad SMARTS) is 1. The van der Waals surface area contributed by atoms with E-state index < -0.39 is 5.97 Å². The number of halogens is 2. The van der Waals surface area contributed by atoms with Crippen LogP contribution in [-0.4, -0.2) is 44.6 Å². The van der Waals surface area contributed by atoms with Crippen molar-refractivity contribution in [2.45, 2.75) is 76.2 Å². The molecule has 9 nitrogen and oxygen atoms in total. The fourth-order valence-corrected chi connectivity index (χ4v) is 6.88. The van der Waals surface area contributed by atoms with Crippen LogP contribution in [0.2, 0.25) is 10.0 Å². The number of hydrogen-bond acceptors (Lipinski definition) is 8. The average Bonchev–Trinajstić information content (AvgIpc) is 3.42. The molecule has 0 radical (unpaired) electrons. The predicted octanol–water partition coefficient (Wildman–Crippen LogP) is 7.30. The summed E-state index contributed by atoms with van der Waals surface area (Å²) < 4.78 is 18.1. The molecule has 4 heterocycles. The van der Waals surface area contributed by atoms with E-state index >= 15 is 0 Å². The molecule has 212 valence electrons. The number of aryl methyl sites for hydroxylation is 1. The van der Waals surface area contributed by atoms with E-state index in [0.29, 0.717) is 45.7 Å². The summed E-state index contributed by atoms with van der Waals surface area (Å²) in [6.07, 6.45) is 5.95.